The Hall–Kier alpha value is -0.120. The lowest BCUT2D eigenvalue weighted by Crippen LogP contribution is -2.39. The van der Waals surface area contributed by atoms with E-state index in [0.29, 0.717) is 6.04 Å². The summed E-state index contributed by atoms with van der Waals surface area (Å²) in [5.74, 6) is 0. The maximum atomic E-state index is 5.48. The van der Waals surface area contributed by atoms with Gasteiger partial charge in [0, 0.05) is 38.4 Å². The molecule has 1 atom stereocenters. The predicted molar refractivity (Wildman–Crippen MR) is 71.3 cm³/mol. The van der Waals surface area contributed by atoms with E-state index in [1.807, 2.05) is 0 Å². The molecule has 0 amide bonds. The summed E-state index contributed by atoms with van der Waals surface area (Å²) in [4.78, 5) is 2.55. The average molecular weight is 240 g/mol. The van der Waals surface area contributed by atoms with Crippen molar-refractivity contribution in [1.82, 2.24) is 10.2 Å². The maximum absolute atomic E-state index is 5.48. The van der Waals surface area contributed by atoms with Crippen molar-refractivity contribution in [3.05, 3.63) is 0 Å². The van der Waals surface area contributed by atoms with Gasteiger partial charge in [-0.05, 0) is 39.2 Å². The van der Waals surface area contributed by atoms with Gasteiger partial charge in [-0.1, -0.05) is 12.8 Å². The topological polar surface area (TPSA) is 24.5 Å². The highest BCUT2D eigenvalue weighted by molar-refractivity contribution is 4.76. The molecule has 0 aromatic heterocycles. The second-order valence-corrected chi connectivity index (χ2v) is 5.61. The Balaban J connectivity index is 1.57. The fourth-order valence-electron chi connectivity index (χ4n) is 3.08. The molecule has 0 aromatic carbocycles. The van der Waals surface area contributed by atoms with Gasteiger partial charge in [0.25, 0.3) is 0 Å². The SMILES string of the molecule is CN(CCNC1CCCOCC1)C1CCCC1. The van der Waals surface area contributed by atoms with Crippen molar-refractivity contribution in [2.24, 2.45) is 0 Å². The minimum atomic E-state index is 0.689. The molecule has 1 aliphatic heterocycles. The summed E-state index contributed by atoms with van der Waals surface area (Å²) in [6, 6.07) is 1.55. The van der Waals surface area contributed by atoms with Crippen molar-refractivity contribution in [1.29, 1.82) is 0 Å². The van der Waals surface area contributed by atoms with Crippen molar-refractivity contribution in [2.45, 2.75) is 57.0 Å². The van der Waals surface area contributed by atoms with E-state index in [-0.39, 0.29) is 0 Å². The van der Waals surface area contributed by atoms with Crippen LogP contribution in [0, 0.1) is 0 Å². The van der Waals surface area contributed by atoms with Gasteiger partial charge in [0.1, 0.15) is 0 Å². The predicted octanol–water partition coefficient (Wildman–Crippen LogP) is 2.02. The molecule has 0 spiro atoms. The number of likely N-dealkylation sites (N-methyl/N-ethyl adjacent to an activating group) is 1. The molecule has 17 heavy (non-hydrogen) atoms. The molecule has 1 N–H and O–H groups in total. The molecular formula is C14H28N2O. The molecule has 0 aromatic rings. The van der Waals surface area contributed by atoms with Crippen LogP contribution >= 0.6 is 0 Å². The van der Waals surface area contributed by atoms with Crippen LogP contribution in [0.1, 0.15) is 44.9 Å². The molecule has 1 unspecified atom stereocenters. The van der Waals surface area contributed by atoms with Crippen molar-refractivity contribution in [2.75, 3.05) is 33.4 Å². The first kappa shape index (κ1) is 13.3. The second kappa shape index (κ2) is 7.34. The van der Waals surface area contributed by atoms with Gasteiger partial charge in [0.15, 0.2) is 0 Å². The van der Waals surface area contributed by atoms with Crippen molar-refractivity contribution in [3.63, 3.8) is 0 Å². The smallest absolute Gasteiger partial charge is 0.0480 e. The van der Waals surface area contributed by atoms with E-state index in [4.69, 9.17) is 4.74 Å². The molecule has 1 aliphatic carbocycles. The van der Waals surface area contributed by atoms with E-state index in [2.05, 4.69) is 17.3 Å². The van der Waals surface area contributed by atoms with Crippen LogP contribution in [-0.2, 0) is 4.74 Å². The number of hydrogen-bond acceptors (Lipinski definition) is 3. The quantitative estimate of drug-likeness (QED) is 0.795. The third-order valence-corrected chi connectivity index (χ3v) is 4.30. The standard InChI is InChI=1S/C14H28N2O/c1-16(14-6-2-3-7-14)10-9-15-13-5-4-11-17-12-8-13/h13-15H,2-12H2,1H3. The largest absolute Gasteiger partial charge is 0.381 e. The highest BCUT2D eigenvalue weighted by atomic mass is 16.5. The van der Waals surface area contributed by atoms with Gasteiger partial charge in [-0.2, -0.15) is 0 Å². The van der Waals surface area contributed by atoms with Gasteiger partial charge in [-0.3, -0.25) is 0 Å². The van der Waals surface area contributed by atoms with Crippen LogP contribution in [0.5, 0.6) is 0 Å². The first-order chi connectivity index (χ1) is 8.36. The summed E-state index contributed by atoms with van der Waals surface area (Å²) in [6.07, 6.45) is 9.38. The summed E-state index contributed by atoms with van der Waals surface area (Å²) in [5.41, 5.74) is 0. The molecule has 1 heterocycles. The Bertz CT molecular complexity index is 194. The molecule has 3 heteroatoms. The maximum Gasteiger partial charge on any atom is 0.0480 e. The van der Waals surface area contributed by atoms with Crippen LogP contribution in [0.15, 0.2) is 0 Å². The molecule has 2 fully saturated rings. The van der Waals surface area contributed by atoms with Crippen LogP contribution in [0.3, 0.4) is 0 Å². The molecule has 1 saturated carbocycles. The third kappa shape index (κ3) is 4.57. The molecule has 0 radical (unpaired) electrons. The zero-order valence-electron chi connectivity index (χ0n) is 11.3. The Morgan fingerprint density at radius 3 is 2.71 bits per heavy atom. The van der Waals surface area contributed by atoms with Gasteiger partial charge in [-0.15, -0.1) is 0 Å². The van der Waals surface area contributed by atoms with Crippen LogP contribution in [0.2, 0.25) is 0 Å². The summed E-state index contributed by atoms with van der Waals surface area (Å²) in [7, 11) is 2.29. The minimum absolute atomic E-state index is 0.689. The van der Waals surface area contributed by atoms with E-state index in [1.54, 1.807) is 0 Å². The molecule has 1 saturated heterocycles. The Kier molecular flexibility index (Phi) is 5.75. The normalized spacial score (nSPS) is 27.5. The first-order valence-corrected chi connectivity index (χ1v) is 7.37. The molecule has 2 aliphatic rings. The molecule has 3 nitrogen and oxygen atoms in total. The van der Waals surface area contributed by atoms with E-state index < -0.39 is 0 Å². The monoisotopic (exact) mass is 240 g/mol. The summed E-state index contributed by atoms with van der Waals surface area (Å²) >= 11 is 0. The lowest BCUT2D eigenvalue weighted by Gasteiger charge is -2.25. The van der Waals surface area contributed by atoms with Gasteiger partial charge >= 0.3 is 0 Å². The van der Waals surface area contributed by atoms with Crippen LogP contribution in [0.25, 0.3) is 0 Å². The minimum Gasteiger partial charge on any atom is -0.381 e. The molecule has 0 bridgehead atoms. The van der Waals surface area contributed by atoms with E-state index in [0.717, 1.165) is 25.8 Å². The van der Waals surface area contributed by atoms with E-state index in [9.17, 15) is 0 Å². The van der Waals surface area contributed by atoms with Crippen molar-refractivity contribution >= 4 is 0 Å². The Morgan fingerprint density at radius 1 is 1.06 bits per heavy atom. The third-order valence-electron chi connectivity index (χ3n) is 4.30. The fraction of sp³-hybridized carbons (Fsp3) is 1.00. The van der Waals surface area contributed by atoms with Crippen LogP contribution < -0.4 is 5.32 Å². The number of rotatable bonds is 5. The fourth-order valence-corrected chi connectivity index (χ4v) is 3.08. The summed E-state index contributed by atoms with van der Waals surface area (Å²) < 4.78 is 5.48. The summed E-state index contributed by atoms with van der Waals surface area (Å²) in [5, 5.41) is 3.69. The number of nitrogens with one attached hydrogen (secondary N) is 1. The first-order valence-electron chi connectivity index (χ1n) is 7.37. The second-order valence-electron chi connectivity index (χ2n) is 5.61. The van der Waals surface area contributed by atoms with Crippen LogP contribution in [0.4, 0.5) is 0 Å². The zero-order chi connectivity index (χ0) is 11.9. The lowest BCUT2D eigenvalue weighted by molar-refractivity contribution is 0.142. The van der Waals surface area contributed by atoms with Gasteiger partial charge < -0.3 is 15.0 Å². The number of ether oxygens (including phenoxy) is 1. The Labute approximate surface area is 106 Å². The van der Waals surface area contributed by atoms with Crippen LogP contribution in [-0.4, -0.2) is 50.3 Å². The van der Waals surface area contributed by atoms with Crippen molar-refractivity contribution in [3.8, 4) is 0 Å². The van der Waals surface area contributed by atoms with Gasteiger partial charge in [-0.25, -0.2) is 0 Å². The van der Waals surface area contributed by atoms with Crippen molar-refractivity contribution < 1.29 is 4.74 Å². The average Bonchev–Trinajstić information content (AvgIpc) is 2.75. The Morgan fingerprint density at radius 2 is 1.88 bits per heavy atom. The van der Waals surface area contributed by atoms with Gasteiger partial charge in [0.05, 0.1) is 0 Å². The van der Waals surface area contributed by atoms with Gasteiger partial charge in [0.2, 0.25) is 0 Å². The number of nitrogens with zero attached hydrogens (tertiary/aromatic N) is 1. The van der Waals surface area contributed by atoms with E-state index in [1.165, 1.54) is 51.5 Å². The highest BCUT2D eigenvalue weighted by Gasteiger charge is 2.19. The molecule has 100 valence electrons. The molecule has 2 rings (SSSR count). The number of hydrogen-bond donors (Lipinski definition) is 1. The summed E-state index contributed by atoms with van der Waals surface area (Å²) in [6.45, 7) is 4.23. The lowest BCUT2D eigenvalue weighted by atomic mass is 10.1. The molecular weight excluding hydrogens is 212 g/mol. The zero-order valence-corrected chi connectivity index (χ0v) is 11.3. The highest BCUT2D eigenvalue weighted by Crippen LogP contribution is 2.21. The van der Waals surface area contributed by atoms with E-state index >= 15 is 0 Å².